The highest BCUT2D eigenvalue weighted by Crippen LogP contribution is 2.31. The fraction of sp³-hybridized carbons (Fsp3) is 0.353. The van der Waals surface area contributed by atoms with Gasteiger partial charge in [0, 0.05) is 11.9 Å². The van der Waals surface area contributed by atoms with Crippen LogP contribution in [0.4, 0.5) is 5.13 Å². The standard InChI is InChI=1S/C17H20N6O2S3/c1-5-10-8(2)6-11(27-10)15(25)18-7-12(24)20-16-19-9(3)13(28-16)14-21-22-17(26)23(14)4/h6H,5,7H2,1-4H3,(H,18,25)(H,22,26)(H,19,20,24). The van der Waals surface area contributed by atoms with Crippen molar-refractivity contribution in [3.05, 3.63) is 31.8 Å². The van der Waals surface area contributed by atoms with E-state index in [2.05, 4.69) is 32.7 Å². The van der Waals surface area contributed by atoms with E-state index >= 15 is 0 Å². The number of aromatic nitrogens is 4. The molecule has 148 valence electrons. The smallest absolute Gasteiger partial charge is 0.261 e. The molecule has 0 saturated carbocycles. The molecule has 3 aromatic heterocycles. The molecule has 0 aliphatic rings. The first-order valence-electron chi connectivity index (χ1n) is 8.56. The van der Waals surface area contributed by atoms with Crippen molar-refractivity contribution in [3.63, 3.8) is 0 Å². The summed E-state index contributed by atoms with van der Waals surface area (Å²) in [5.74, 6) is 0.0714. The number of hydrogen-bond donors (Lipinski definition) is 3. The molecule has 0 unspecified atom stereocenters. The Morgan fingerprint density at radius 2 is 2.07 bits per heavy atom. The first kappa shape index (κ1) is 20.4. The van der Waals surface area contributed by atoms with Crippen LogP contribution in [0, 0.1) is 18.6 Å². The Bertz CT molecular complexity index is 1090. The molecule has 3 heterocycles. The number of nitrogens with zero attached hydrogens (tertiary/aromatic N) is 3. The minimum atomic E-state index is -0.340. The molecule has 0 atom stereocenters. The van der Waals surface area contributed by atoms with Gasteiger partial charge in [-0.25, -0.2) is 4.98 Å². The first-order chi connectivity index (χ1) is 13.3. The first-order valence-corrected chi connectivity index (χ1v) is 10.6. The molecule has 28 heavy (non-hydrogen) atoms. The van der Waals surface area contributed by atoms with E-state index in [0.717, 1.165) is 22.6 Å². The molecule has 0 saturated heterocycles. The molecule has 11 heteroatoms. The monoisotopic (exact) mass is 436 g/mol. The maximum Gasteiger partial charge on any atom is 0.261 e. The second-order valence-corrected chi connectivity index (χ2v) is 8.67. The second kappa shape index (κ2) is 8.33. The number of aromatic amines is 1. The van der Waals surface area contributed by atoms with Gasteiger partial charge in [0.2, 0.25) is 5.91 Å². The fourth-order valence-corrected chi connectivity index (χ4v) is 4.77. The number of H-pyrrole nitrogens is 1. The van der Waals surface area contributed by atoms with Gasteiger partial charge < -0.3 is 15.2 Å². The molecule has 0 fully saturated rings. The molecular weight excluding hydrogens is 416 g/mol. The van der Waals surface area contributed by atoms with Crippen LogP contribution in [0.25, 0.3) is 10.7 Å². The van der Waals surface area contributed by atoms with Crippen LogP contribution < -0.4 is 10.6 Å². The Morgan fingerprint density at radius 1 is 1.32 bits per heavy atom. The van der Waals surface area contributed by atoms with Gasteiger partial charge in [-0.05, 0) is 44.1 Å². The Kier molecular flexibility index (Phi) is 6.06. The number of carbonyl (C=O) groups is 2. The zero-order chi connectivity index (χ0) is 20.4. The van der Waals surface area contributed by atoms with E-state index in [1.54, 1.807) is 4.57 Å². The van der Waals surface area contributed by atoms with Crippen molar-refractivity contribution in [2.45, 2.75) is 27.2 Å². The van der Waals surface area contributed by atoms with Crippen LogP contribution in [0.2, 0.25) is 0 Å². The van der Waals surface area contributed by atoms with Gasteiger partial charge in [-0.15, -0.1) is 11.3 Å². The summed E-state index contributed by atoms with van der Waals surface area (Å²) in [7, 11) is 1.81. The van der Waals surface area contributed by atoms with Gasteiger partial charge in [-0.1, -0.05) is 18.3 Å². The van der Waals surface area contributed by atoms with Crippen LogP contribution in [-0.4, -0.2) is 38.1 Å². The van der Waals surface area contributed by atoms with Crippen molar-refractivity contribution in [2.75, 3.05) is 11.9 Å². The summed E-state index contributed by atoms with van der Waals surface area (Å²) in [6, 6.07) is 1.85. The minimum absolute atomic E-state index is 0.127. The lowest BCUT2D eigenvalue weighted by Gasteiger charge is -2.03. The van der Waals surface area contributed by atoms with Crippen molar-refractivity contribution in [2.24, 2.45) is 7.05 Å². The molecule has 0 bridgehead atoms. The van der Waals surface area contributed by atoms with E-state index in [1.165, 1.54) is 27.6 Å². The lowest BCUT2D eigenvalue weighted by molar-refractivity contribution is -0.115. The molecule has 0 aromatic carbocycles. The maximum atomic E-state index is 12.2. The average Bonchev–Trinajstić information content (AvgIpc) is 3.31. The number of carbonyl (C=O) groups excluding carboxylic acids is 2. The fourth-order valence-electron chi connectivity index (χ4n) is 2.60. The highest BCUT2D eigenvalue weighted by Gasteiger charge is 2.17. The highest BCUT2D eigenvalue weighted by atomic mass is 32.1. The van der Waals surface area contributed by atoms with Crippen LogP contribution in [-0.2, 0) is 18.3 Å². The Hall–Kier alpha value is -2.37. The van der Waals surface area contributed by atoms with E-state index in [4.69, 9.17) is 12.2 Å². The molecule has 3 aromatic rings. The third-order valence-corrected chi connectivity index (χ3v) is 6.91. The number of nitrogens with one attached hydrogen (secondary N) is 3. The molecule has 0 radical (unpaired) electrons. The summed E-state index contributed by atoms with van der Waals surface area (Å²) in [6.45, 7) is 5.75. The van der Waals surface area contributed by atoms with Gasteiger partial charge in [0.1, 0.15) is 0 Å². The number of aryl methyl sites for hydroxylation is 3. The van der Waals surface area contributed by atoms with Crippen molar-refractivity contribution in [1.82, 2.24) is 25.1 Å². The molecule has 3 rings (SSSR count). The summed E-state index contributed by atoms with van der Waals surface area (Å²) in [5.41, 5.74) is 1.84. The van der Waals surface area contributed by atoms with Crippen LogP contribution in [0.5, 0.6) is 0 Å². The normalized spacial score (nSPS) is 10.9. The summed E-state index contributed by atoms with van der Waals surface area (Å²) < 4.78 is 2.25. The summed E-state index contributed by atoms with van der Waals surface area (Å²) in [5, 5.41) is 12.7. The number of anilines is 1. The van der Waals surface area contributed by atoms with E-state index in [0.29, 0.717) is 20.6 Å². The van der Waals surface area contributed by atoms with Crippen molar-refractivity contribution >= 4 is 51.8 Å². The van der Waals surface area contributed by atoms with Gasteiger partial charge in [-0.2, -0.15) is 5.10 Å². The molecule has 2 amide bonds. The lowest BCUT2D eigenvalue weighted by Crippen LogP contribution is -2.32. The van der Waals surface area contributed by atoms with E-state index < -0.39 is 0 Å². The third-order valence-electron chi connectivity index (χ3n) is 4.10. The molecule has 8 nitrogen and oxygen atoms in total. The molecule has 0 aliphatic heterocycles. The number of thiophene rings is 1. The number of thiazole rings is 1. The lowest BCUT2D eigenvalue weighted by atomic mass is 10.2. The van der Waals surface area contributed by atoms with Crippen LogP contribution in [0.1, 0.15) is 32.7 Å². The van der Waals surface area contributed by atoms with Crippen LogP contribution in [0.3, 0.4) is 0 Å². The van der Waals surface area contributed by atoms with Gasteiger partial charge in [-0.3, -0.25) is 14.7 Å². The summed E-state index contributed by atoms with van der Waals surface area (Å²) in [4.78, 5) is 31.4. The molecule has 3 N–H and O–H groups in total. The van der Waals surface area contributed by atoms with Gasteiger partial charge in [0.05, 0.1) is 22.0 Å². The highest BCUT2D eigenvalue weighted by molar-refractivity contribution is 7.71. The van der Waals surface area contributed by atoms with Gasteiger partial charge >= 0.3 is 0 Å². The van der Waals surface area contributed by atoms with Crippen molar-refractivity contribution in [3.8, 4) is 10.7 Å². The largest absolute Gasteiger partial charge is 0.342 e. The maximum absolute atomic E-state index is 12.2. The minimum Gasteiger partial charge on any atom is -0.342 e. The Labute approximate surface area is 175 Å². The zero-order valence-electron chi connectivity index (χ0n) is 15.9. The van der Waals surface area contributed by atoms with Gasteiger partial charge in [0.25, 0.3) is 5.91 Å². The predicted octanol–water partition coefficient (Wildman–Crippen LogP) is 3.21. The Morgan fingerprint density at radius 3 is 2.68 bits per heavy atom. The van der Waals surface area contributed by atoms with Crippen molar-refractivity contribution in [1.29, 1.82) is 0 Å². The number of rotatable bonds is 6. The third kappa shape index (κ3) is 4.21. The molecule has 0 aliphatic carbocycles. The van der Waals surface area contributed by atoms with Crippen LogP contribution in [0.15, 0.2) is 6.07 Å². The predicted molar refractivity (Wildman–Crippen MR) is 114 cm³/mol. The summed E-state index contributed by atoms with van der Waals surface area (Å²) in [6.07, 6.45) is 0.886. The van der Waals surface area contributed by atoms with E-state index in [-0.39, 0.29) is 18.4 Å². The van der Waals surface area contributed by atoms with Crippen LogP contribution >= 0.6 is 34.9 Å². The SMILES string of the molecule is CCc1sc(C(=O)NCC(=O)Nc2nc(C)c(-c3n[nH]c(=S)n3C)s2)cc1C. The quantitative estimate of drug-likeness (QED) is 0.515. The second-order valence-electron chi connectivity index (χ2n) is 6.15. The topological polar surface area (TPSA) is 105 Å². The number of amides is 2. The molecular formula is C17H20N6O2S3. The van der Waals surface area contributed by atoms with Gasteiger partial charge in [0.15, 0.2) is 15.7 Å². The van der Waals surface area contributed by atoms with Crippen molar-refractivity contribution < 1.29 is 9.59 Å². The Balaban J connectivity index is 1.62. The van der Waals surface area contributed by atoms with E-state index in [9.17, 15) is 9.59 Å². The summed E-state index contributed by atoms with van der Waals surface area (Å²) >= 11 is 7.89. The van der Waals surface area contributed by atoms with E-state index in [1.807, 2.05) is 27.0 Å². The number of hydrogen-bond acceptors (Lipinski definition) is 7. The average molecular weight is 437 g/mol. The zero-order valence-corrected chi connectivity index (χ0v) is 18.3. The molecule has 0 spiro atoms.